The summed E-state index contributed by atoms with van der Waals surface area (Å²) in [6.45, 7) is 2.16. The monoisotopic (exact) mass is 487 g/mol. The van der Waals surface area contributed by atoms with Gasteiger partial charge in [0.05, 0.1) is 18.4 Å². The van der Waals surface area contributed by atoms with Gasteiger partial charge in [-0.1, -0.05) is 60.3 Å². The van der Waals surface area contributed by atoms with Gasteiger partial charge in [0.15, 0.2) is 11.0 Å². The fourth-order valence-electron chi connectivity index (χ4n) is 4.97. The Labute approximate surface area is 208 Å². The van der Waals surface area contributed by atoms with Crippen molar-refractivity contribution >= 4 is 28.6 Å². The standard InChI is InChI=1S/C27H29N5O2S/c33-24(29-18-27(12-13-27)19-7-2-1-3-8-19)17-35-26-31-30-25(32(26)16-20-9-6-14-34-20)22-15-28-23-11-5-4-10-21(22)23/h1-5,7-8,10-11,15,20,28H,6,9,12-14,16-18H2,(H,29,33). The van der Waals surface area contributed by atoms with E-state index < -0.39 is 0 Å². The molecule has 2 aromatic heterocycles. The summed E-state index contributed by atoms with van der Waals surface area (Å²) in [5.74, 6) is 1.14. The van der Waals surface area contributed by atoms with Crippen LogP contribution >= 0.6 is 11.8 Å². The smallest absolute Gasteiger partial charge is 0.230 e. The van der Waals surface area contributed by atoms with Gasteiger partial charge in [0.1, 0.15) is 0 Å². The van der Waals surface area contributed by atoms with Crippen molar-refractivity contribution in [2.75, 3.05) is 18.9 Å². The number of carbonyl (C=O) groups excluding carboxylic acids is 1. The molecule has 1 aliphatic heterocycles. The molecule has 2 aromatic carbocycles. The van der Waals surface area contributed by atoms with Crippen LogP contribution in [-0.2, 0) is 21.5 Å². The van der Waals surface area contributed by atoms with Crippen molar-refractivity contribution in [2.24, 2.45) is 0 Å². The van der Waals surface area contributed by atoms with E-state index in [1.807, 2.05) is 24.4 Å². The summed E-state index contributed by atoms with van der Waals surface area (Å²) in [5.41, 5.74) is 3.49. The predicted molar refractivity (Wildman–Crippen MR) is 137 cm³/mol. The van der Waals surface area contributed by atoms with Gasteiger partial charge in [-0.3, -0.25) is 9.36 Å². The number of H-pyrrole nitrogens is 1. The molecule has 1 saturated carbocycles. The number of benzene rings is 2. The predicted octanol–water partition coefficient (Wildman–Crippen LogP) is 4.55. The summed E-state index contributed by atoms with van der Waals surface area (Å²) in [6.07, 6.45) is 6.47. The van der Waals surface area contributed by atoms with E-state index in [9.17, 15) is 4.79 Å². The van der Waals surface area contributed by atoms with Gasteiger partial charge in [0.2, 0.25) is 5.91 Å². The molecule has 8 heteroatoms. The van der Waals surface area contributed by atoms with E-state index in [-0.39, 0.29) is 17.4 Å². The molecular formula is C27H29N5O2S. The van der Waals surface area contributed by atoms with Crippen molar-refractivity contribution in [3.63, 3.8) is 0 Å². The maximum absolute atomic E-state index is 12.8. The maximum Gasteiger partial charge on any atom is 0.230 e. The fourth-order valence-corrected chi connectivity index (χ4v) is 5.74. The highest BCUT2D eigenvalue weighted by Crippen LogP contribution is 2.47. The number of fused-ring (bicyclic) bond motifs is 1. The molecule has 3 heterocycles. The van der Waals surface area contributed by atoms with Gasteiger partial charge < -0.3 is 15.0 Å². The zero-order valence-corrected chi connectivity index (χ0v) is 20.4. The largest absolute Gasteiger partial charge is 0.376 e. The molecule has 7 nitrogen and oxygen atoms in total. The van der Waals surface area contributed by atoms with Gasteiger partial charge in [-0.2, -0.15) is 0 Å². The van der Waals surface area contributed by atoms with Crippen LogP contribution in [0, 0.1) is 0 Å². The molecule has 2 N–H and O–H groups in total. The van der Waals surface area contributed by atoms with Crippen molar-refractivity contribution in [1.82, 2.24) is 25.1 Å². The fraction of sp³-hybridized carbons (Fsp3) is 0.370. The van der Waals surface area contributed by atoms with E-state index in [0.717, 1.165) is 59.7 Å². The van der Waals surface area contributed by atoms with Gasteiger partial charge in [-0.15, -0.1) is 10.2 Å². The van der Waals surface area contributed by atoms with E-state index in [4.69, 9.17) is 4.74 Å². The number of aromatic amines is 1. The summed E-state index contributed by atoms with van der Waals surface area (Å²) >= 11 is 1.44. The third-order valence-corrected chi connectivity index (χ3v) is 8.12. The molecule has 0 radical (unpaired) electrons. The van der Waals surface area contributed by atoms with Gasteiger partial charge >= 0.3 is 0 Å². The number of amides is 1. The van der Waals surface area contributed by atoms with Crippen LogP contribution in [0.15, 0.2) is 66.0 Å². The first-order chi connectivity index (χ1) is 17.2. The van der Waals surface area contributed by atoms with E-state index in [0.29, 0.717) is 18.8 Å². The number of carbonyl (C=O) groups is 1. The summed E-state index contributed by atoms with van der Waals surface area (Å²) in [7, 11) is 0. The molecular weight excluding hydrogens is 458 g/mol. The molecule has 2 aliphatic rings. The SMILES string of the molecule is O=C(CSc1nnc(-c2c[nH]c3ccccc23)n1CC1CCCO1)NCC1(c2ccccc2)CC1. The third-order valence-electron chi connectivity index (χ3n) is 7.15. The number of thioether (sulfide) groups is 1. The molecule has 1 amide bonds. The van der Waals surface area contributed by atoms with Crippen molar-refractivity contribution in [2.45, 2.75) is 48.9 Å². The lowest BCUT2D eigenvalue weighted by Crippen LogP contribution is -2.33. The molecule has 6 rings (SSSR count). The second-order valence-electron chi connectivity index (χ2n) is 9.51. The number of rotatable bonds is 9. The van der Waals surface area contributed by atoms with Crippen molar-refractivity contribution in [3.05, 3.63) is 66.4 Å². The quantitative estimate of drug-likeness (QED) is 0.339. The second-order valence-corrected chi connectivity index (χ2v) is 10.5. The van der Waals surface area contributed by atoms with E-state index >= 15 is 0 Å². The number of para-hydroxylation sites is 1. The number of hydrogen-bond acceptors (Lipinski definition) is 5. The topological polar surface area (TPSA) is 84.8 Å². The number of aromatic nitrogens is 4. The van der Waals surface area contributed by atoms with Crippen LogP contribution in [0.2, 0.25) is 0 Å². The molecule has 4 aromatic rings. The molecule has 1 unspecified atom stereocenters. The van der Waals surface area contributed by atoms with Crippen molar-refractivity contribution in [3.8, 4) is 11.4 Å². The van der Waals surface area contributed by atoms with Crippen LogP contribution < -0.4 is 5.32 Å². The molecule has 1 aliphatic carbocycles. The minimum absolute atomic E-state index is 0.0255. The Balaban J connectivity index is 1.17. The van der Waals surface area contributed by atoms with Crippen LogP contribution in [-0.4, -0.2) is 50.7 Å². The third kappa shape index (κ3) is 4.60. The lowest BCUT2D eigenvalue weighted by atomic mass is 9.96. The van der Waals surface area contributed by atoms with Gasteiger partial charge in [0.25, 0.3) is 0 Å². The molecule has 35 heavy (non-hydrogen) atoms. The Hall–Kier alpha value is -3.10. The lowest BCUT2D eigenvalue weighted by Gasteiger charge is -2.17. The van der Waals surface area contributed by atoms with Gasteiger partial charge in [-0.25, -0.2) is 0 Å². The zero-order valence-electron chi connectivity index (χ0n) is 19.6. The number of ether oxygens (including phenoxy) is 1. The van der Waals surface area contributed by atoms with Crippen LogP contribution in [0.1, 0.15) is 31.2 Å². The summed E-state index contributed by atoms with van der Waals surface area (Å²) < 4.78 is 8.04. The van der Waals surface area contributed by atoms with Crippen LogP contribution in [0.4, 0.5) is 0 Å². The van der Waals surface area contributed by atoms with Crippen LogP contribution in [0.5, 0.6) is 0 Å². The zero-order chi connectivity index (χ0) is 23.7. The van der Waals surface area contributed by atoms with Crippen molar-refractivity contribution in [1.29, 1.82) is 0 Å². The number of nitrogens with zero attached hydrogens (tertiary/aromatic N) is 3. The molecule has 0 bridgehead atoms. The summed E-state index contributed by atoms with van der Waals surface area (Å²) in [5, 5.41) is 14.1. The summed E-state index contributed by atoms with van der Waals surface area (Å²) in [4.78, 5) is 16.1. The average Bonchev–Trinajstić information content (AvgIpc) is 3.20. The maximum atomic E-state index is 12.8. The number of hydrogen-bond donors (Lipinski definition) is 2. The van der Waals surface area contributed by atoms with Crippen LogP contribution in [0.25, 0.3) is 22.3 Å². The average molecular weight is 488 g/mol. The second kappa shape index (κ2) is 9.51. The van der Waals surface area contributed by atoms with E-state index in [1.54, 1.807) is 0 Å². The van der Waals surface area contributed by atoms with Gasteiger partial charge in [-0.05, 0) is 37.3 Å². The Morgan fingerprint density at radius 1 is 1.14 bits per heavy atom. The molecule has 1 atom stereocenters. The highest BCUT2D eigenvalue weighted by atomic mass is 32.2. The normalized spacial score (nSPS) is 18.7. The Bertz CT molecular complexity index is 1320. The highest BCUT2D eigenvalue weighted by Gasteiger charge is 2.44. The van der Waals surface area contributed by atoms with Crippen LogP contribution in [0.3, 0.4) is 0 Å². The molecule has 1 saturated heterocycles. The Morgan fingerprint density at radius 2 is 1.97 bits per heavy atom. The van der Waals surface area contributed by atoms with Crippen molar-refractivity contribution < 1.29 is 9.53 Å². The minimum atomic E-state index is 0.0255. The first kappa shape index (κ1) is 22.4. The number of nitrogens with one attached hydrogen (secondary N) is 2. The molecule has 180 valence electrons. The Morgan fingerprint density at radius 3 is 2.77 bits per heavy atom. The first-order valence-corrected chi connectivity index (χ1v) is 13.3. The highest BCUT2D eigenvalue weighted by molar-refractivity contribution is 7.99. The molecule has 0 spiro atoms. The molecule has 2 fully saturated rings. The van der Waals surface area contributed by atoms with Gasteiger partial charge in [0, 0.05) is 41.2 Å². The first-order valence-electron chi connectivity index (χ1n) is 12.3. The van der Waals surface area contributed by atoms with E-state index in [2.05, 4.69) is 61.5 Å². The Kier molecular flexibility index (Phi) is 6.08. The lowest BCUT2D eigenvalue weighted by molar-refractivity contribution is -0.118. The summed E-state index contributed by atoms with van der Waals surface area (Å²) in [6, 6.07) is 18.7. The van der Waals surface area contributed by atoms with E-state index in [1.165, 1.54) is 17.3 Å². The minimum Gasteiger partial charge on any atom is -0.376 e.